The molecule has 0 radical (unpaired) electrons. The Hall–Kier alpha value is -2.14. The zero-order valence-electron chi connectivity index (χ0n) is 16.0. The highest BCUT2D eigenvalue weighted by molar-refractivity contribution is 5.92. The molecule has 1 aromatic carbocycles. The first-order valence-electron chi connectivity index (χ1n) is 10.1. The number of rotatable bonds is 8. The normalized spacial score (nSPS) is 25.3. The lowest BCUT2D eigenvalue weighted by atomic mass is 9.83. The van der Waals surface area contributed by atoms with E-state index in [1.165, 1.54) is 0 Å². The molecule has 0 unspecified atom stereocenters. The second-order valence-corrected chi connectivity index (χ2v) is 7.56. The van der Waals surface area contributed by atoms with Crippen molar-refractivity contribution < 1.29 is 14.3 Å². The first kappa shape index (κ1) is 19.6. The standard InChI is InChI=1S/C22H30N2O3/c1-2-14-27-20-15-17(22(26)23-18-10-11-18)9-12-19(20)24-21(25)13-8-16-6-4-3-5-7-16/h3-8,13,17-20H,2,9-12,14-15H2,1H3,(H,23,26)(H,24,25)/t17-,19+,20+/m0/s1. The monoisotopic (exact) mass is 370 g/mol. The summed E-state index contributed by atoms with van der Waals surface area (Å²) in [6.45, 7) is 2.71. The summed E-state index contributed by atoms with van der Waals surface area (Å²) in [5.41, 5.74) is 0.992. The maximum atomic E-state index is 12.4. The predicted octanol–water partition coefficient (Wildman–Crippen LogP) is 3.06. The minimum atomic E-state index is -0.116. The fraction of sp³-hybridized carbons (Fsp3) is 0.545. The van der Waals surface area contributed by atoms with E-state index in [4.69, 9.17) is 4.74 Å². The molecule has 3 rings (SSSR count). The fourth-order valence-electron chi connectivity index (χ4n) is 3.50. The maximum Gasteiger partial charge on any atom is 0.244 e. The van der Waals surface area contributed by atoms with Gasteiger partial charge in [0.2, 0.25) is 11.8 Å². The summed E-state index contributed by atoms with van der Waals surface area (Å²) >= 11 is 0. The summed E-state index contributed by atoms with van der Waals surface area (Å²) in [6, 6.07) is 10.1. The van der Waals surface area contributed by atoms with Gasteiger partial charge in [-0.05, 0) is 50.2 Å². The molecule has 0 aromatic heterocycles. The minimum absolute atomic E-state index is 0.0135. The highest BCUT2D eigenvalue weighted by atomic mass is 16.5. The second-order valence-electron chi connectivity index (χ2n) is 7.56. The van der Waals surface area contributed by atoms with Gasteiger partial charge < -0.3 is 15.4 Å². The van der Waals surface area contributed by atoms with Gasteiger partial charge in [0.25, 0.3) is 0 Å². The Morgan fingerprint density at radius 3 is 2.59 bits per heavy atom. The highest BCUT2D eigenvalue weighted by Crippen LogP contribution is 2.29. The predicted molar refractivity (Wildman–Crippen MR) is 106 cm³/mol. The molecule has 0 heterocycles. The first-order valence-corrected chi connectivity index (χ1v) is 10.1. The smallest absolute Gasteiger partial charge is 0.244 e. The number of nitrogens with one attached hydrogen (secondary N) is 2. The van der Waals surface area contributed by atoms with Gasteiger partial charge in [-0.25, -0.2) is 0 Å². The summed E-state index contributed by atoms with van der Waals surface area (Å²) in [5, 5.41) is 6.18. The van der Waals surface area contributed by atoms with E-state index < -0.39 is 0 Å². The first-order chi connectivity index (χ1) is 13.2. The molecule has 2 N–H and O–H groups in total. The van der Waals surface area contributed by atoms with Gasteiger partial charge in [-0.1, -0.05) is 37.3 Å². The molecular formula is C22H30N2O3. The lowest BCUT2D eigenvalue weighted by Gasteiger charge is -2.35. The summed E-state index contributed by atoms with van der Waals surface area (Å²) < 4.78 is 5.99. The molecule has 5 nitrogen and oxygen atoms in total. The minimum Gasteiger partial charge on any atom is -0.376 e. The largest absolute Gasteiger partial charge is 0.376 e. The van der Waals surface area contributed by atoms with Crippen LogP contribution in [-0.2, 0) is 14.3 Å². The maximum absolute atomic E-state index is 12.4. The number of carbonyl (C=O) groups excluding carboxylic acids is 2. The molecule has 146 valence electrons. The molecule has 1 aromatic rings. The molecule has 0 spiro atoms. The van der Waals surface area contributed by atoms with Crippen LogP contribution in [0.4, 0.5) is 0 Å². The second kappa shape index (κ2) is 9.70. The van der Waals surface area contributed by atoms with Crippen LogP contribution in [0.1, 0.15) is 51.0 Å². The van der Waals surface area contributed by atoms with E-state index in [1.54, 1.807) is 6.08 Å². The average Bonchev–Trinajstić information content (AvgIpc) is 3.50. The Kier molecular flexibility index (Phi) is 7.04. The van der Waals surface area contributed by atoms with E-state index in [-0.39, 0.29) is 29.9 Å². The van der Waals surface area contributed by atoms with Crippen LogP contribution >= 0.6 is 0 Å². The summed E-state index contributed by atoms with van der Waals surface area (Å²) in [4.78, 5) is 24.7. The average molecular weight is 370 g/mol. The van der Waals surface area contributed by atoms with Crippen molar-refractivity contribution in [3.05, 3.63) is 42.0 Å². The quantitative estimate of drug-likeness (QED) is 0.691. The summed E-state index contributed by atoms with van der Waals surface area (Å²) in [7, 11) is 0. The molecule has 2 saturated carbocycles. The molecule has 0 bridgehead atoms. The van der Waals surface area contributed by atoms with E-state index in [1.807, 2.05) is 36.4 Å². The third-order valence-electron chi connectivity index (χ3n) is 5.18. The number of hydrogen-bond donors (Lipinski definition) is 2. The summed E-state index contributed by atoms with van der Waals surface area (Å²) in [6.07, 6.45) is 8.61. The van der Waals surface area contributed by atoms with Crippen LogP contribution in [0.25, 0.3) is 6.08 Å². The zero-order chi connectivity index (χ0) is 19.1. The van der Waals surface area contributed by atoms with E-state index in [2.05, 4.69) is 17.6 Å². The van der Waals surface area contributed by atoms with Crippen LogP contribution in [0, 0.1) is 5.92 Å². The fourth-order valence-corrected chi connectivity index (χ4v) is 3.50. The molecule has 2 fully saturated rings. The van der Waals surface area contributed by atoms with Gasteiger partial charge in [-0.2, -0.15) is 0 Å². The Labute approximate surface area is 161 Å². The Morgan fingerprint density at radius 1 is 1.11 bits per heavy atom. The van der Waals surface area contributed by atoms with Gasteiger partial charge in [0, 0.05) is 24.6 Å². The van der Waals surface area contributed by atoms with Crippen molar-refractivity contribution in [2.75, 3.05) is 6.61 Å². The highest BCUT2D eigenvalue weighted by Gasteiger charge is 2.36. The van der Waals surface area contributed by atoms with Crippen LogP contribution in [0.5, 0.6) is 0 Å². The SMILES string of the molecule is CCCO[C@@H]1C[C@@H](C(=O)NC2CC2)CC[C@H]1NC(=O)C=Cc1ccccc1. The molecule has 2 aliphatic rings. The van der Waals surface area contributed by atoms with Crippen LogP contribution in [0.2, 0.25) is 0 Å². The molecule has 27 heavy (non-hydrogen) atoms. The van der Waals surface area contributed by atoms with Gasteiger partial charge in [0.15, 0.2) is 0 Å². The Balaban J connectivity index is 1.55. The third-order valence-corrected chi connectivity index (χ3v) is 5.18. The van der Waals surface area contributed by atoms with Crippen molar-refractivity contribution in [3.63, 3.8) is 0 Å². The topological polar surface area (TPSA) is 67.4 Å². The molecular weight excluding hydrogens is 340 g/mol. The van der Waals surface area contributed by atoms with Crippen molar-refractivity contribution in [2.45, 2.75) is 63.6 Å². The molecule has 2 amide bonds. The van der Waals surface area contributed by atoms with Crippen molar-refractivity contribution in [3.8, 4) is 0 Å². The van der Waals surface area contributed by atoms with Gasteiger partial charge in [-0.15, -0.1) is 0 Å². The van der Waals surface area contributed by atoms with Crippen LogP contribution in [0.3, 0.4) is 0 Å². The molecule has 2 aliphatic carbocycles. The number of benzene rings is 1. The van der Waals surface area contributed by atoms with Crippen molar-refractivity contribution >= 4 is 17.9 Å². The summed E-state index contributed by atoms with van der Waals surface area (Å²) in [5.74, 6) is 0.0200. The van der Waals surface area contributed by atoms with Crippen molar-refractivity contribution in [1.82, 2.24) is 10.6 Å². The van der Waals surface area contributed by atoms with E-state index >= 15 is 0 Å². The van der Waals surface area contributed by atoms with E-state index in [0.29, 0.717) is 19.1 Å². The van der Waals surface area contributed by atoms with E-state index in [9.17, 15) is 9.59 Å². The van der Waals surface area contributed by atoms with Gasteiger partial charge in [0.1, 0.15) is 0 Å². The Bertz CT molecular complexity index is 655. The van der Waals surface area contributed by atoms with Gasteiger partial charge >= 0.3 is 0 Å². The number of carbonyl (C=O) groups is 2. The van der Waals surface area contributed by atoms with Gasteiger partial charge in [-0.3, -0.25) is 9.59 Å². The van der Waals surface area contributed by atoms with Crippen LogP contribution in [-0.4, -0.2) is 36.6 Å². The molecule has 0 saturated heterocycles. The Morgan fingerprint density at radius 2 is 1.89 bits per heavy atom. The number of amides is 2. The molecule has 5 heteroatoms. The van der Waals surface area contributed by atoms with Gasteiger partial charge in [0.05, 0.1) is 12.1 Å². The third kappa shape index (κ3) is 6.21. The number of ether oxygens (including phenoxy) is 1. The van der Waals surface area contributed by atoms with Crippen LogP contribution < -0.4 is 10.6 Å². The van der Waals surface area contributed by atoms with E-state index in [0.717, 1.165) is 37.7 Å². The lowest BCUT2D eigenvalue weighted by molar-refractivity contribution is -0.129. The zero-order valence-corrected chi connectivity index (χ0v) is 16.0. The van der Waals surface area contributed by atoms with Crippen molar-refractivity contribution in [2.24, 2.45) is 5.92 Å². The van der Waals surface area contributed by atoms with Crippen molar-refractivity contribution in [1.29, 1.82) is 0 Å². The number of hydrogen-bond acceptors (Lipinski definition) is 3. The molecule has 3 atom stereocenters. The van der Waals surface area contributed by atoms with Crippen LogP contribution in [0.15, 0.2) is 36.4 Å². The molecule has 0 aliphatic heterocycles. The lowest BCUT2D eigenvalue weighted by Crippen LogP contribution is -2.50.